The van der Waals surface area contributed by atoms with Gasteiger partial charge in [0.1, 0.15) is 5.69 Å². The fourth-order valence-electron chi connectivity index (χ4n) is 3.20. The number of benzene rings is 2. The van der Waals surface area contributed by atoms with Gasteiger partial charge in [0.25, 0.3) is 6.43 Å². The lowest BCUT2D eigenvalue weighted by Gasteiger charge is -2.20. The molecule has 0 radical (unpaired) electrons. The maximum atomic E-state index is 13.8. The van der Waals surface area contributed by atoms with Gasteiger partial charge >= 0.3 is 12.4 Å². The summed E-state index contributed by atoms with van der Waals surface area (Å²) in [5, 5.41) is 0. The molecule has 3 rings (SSSR count). The number of pyridine rings is 1. The smallest absolute Gasteiger partial charge is 0.298 e. The molecule has 172 valence electrons. The van der Waals surface area contributed by atoms with E-state index < -0.39 is 63.8 Å². The van der Waals surface area contributed by atoms with Crippen LogP contribution in [0.1, 0.15) is 49.7 Å². The maximum Gasteiger partial charge on any atom is 0.434 e. The van der Waals surface area contributed by atoms with Crippen molar-refractivity contribution in [2.24, 2.45) is 0 Å². The van der Waals surface area contributed by atoms with Crippen molar-refractivity contribution < 1.29 is 44.7 Å². The molecule has 0 aliphatic rings. The van der Waals surface area contributed by atoms with E-state index in [2.05, 4.69) is 4.98 Å². The van der Waals surface area contributed by atoms with Gasteiger partial charge in [-0.15, -0.1) is 0 Å². The molecule has 0 spiro atoms. The van der Waals surface area contributed by atoms with Crippen molar-refractivity contribution >= 4 is 12.1 Å². The first-order valence-corrected chi connectivity index (χ1v) is 9.02. The van der Waals surface area contributed by atoms with Gasteiger partial charge in [-0.25, -0.2) is 13.8 Å². The first-order chi connectivity index (χ1) is 15.4. The largest absolute Gasteiger partial charge is 0.434 e. The van der Waals surface area contributed by atoms with Gasteiger partial charge in [0.05, 0.1) is 16.7 Å². The number of carbonyl (C=O) groups excluding carboxylic acids is 2. The van der Waals surface area contributed by atoms with Gasteiger partial charge in [0.15, 0.2) is 17.8 Å². The number of carbonyl (C=O) groups is 2. The third-order valence-electron chi connectivity index (χ3n) is 4.62. The number of aldehydes is 1. The molecule has 33 heavy (non-hydrogen) atoms. The summed E-state index contributed by atoms with van der Waals surface area (Å²) < 4.78 is 107. The zero-order valence-corrected chi connectivity index (χ0v) is 16.1. The molecule has 0 saturated heterocycles. The number of rotatable bonds is 5. The van der Waals surface area contributed by atoms with Crippen LogP contribution < -0.4 is 0 Å². The van der Waals surface area contributed by atoms with Crippen molar-refractivity contribution in [3.63, 3.8) is 0 Å². The molecule has 0 atom stereocenters. The second-order valence-corrected chi connectivity index (χ2v) is 6.70. The fourth-order valence-corrected chi connectivity index (χ4v) is 3.20. The van der Waals surface area contributed by atoms with Crippen molar-refractivity contribution in [2.45, 2.75) is 18.8 Å². The molecule has 3 nitrogen and oxygen atoms in total. The summed E-state index contributed by atoms with van der Waals surface area (Å²) in [4.78, 5) is 27.7. The maximum absolute atomic E-state index is 13.8. The van der Waals surface area contributed by atoms with E-state index in [0.29, 0.717) is 24.3 Å². The van der Waals surface area contributed by atoms with E-state index in [1.54, 1.807) is 0 Å². The lowest BCUT2D eigenvalue weighted by Crippen LogP contribution is -2.20. The Hall–Kier alpha value is -3.63. The zero-order chi connectivity index (χ0) is 24.6. The fraction of sp³-hybridized carbons (Fsp3) is 0.136. The minimum Gasteiger partial charge on any atom is -0.298 e. The van der Waals surface area contributed by atoms with E-state index in [4.69, 9.17) is 0 Å². The van der Waals surface area contributed by atoms with Crippen LogP contribution in [0.5, 0.6) is 0 Å². The topological polar surface area (TPSA) is 47.0 Å². The molecule has 0 N–H and O–H groups in total. The molecule has 0 unspecified atom stereocenters. The molecular formula is C22H11F8NO2. The number of halogens is 8. The number of nitrogens with zero attached hydrogens (tertiary/aromatic N) is 1. The van der Waals surface area contributed by atoms with Crippen LogP contribution in [0.15, 0.2) is 54.6 Å². The molecule has 0 aliphatic heterocycles. The Kier molecular flexibility index (Phi) is 6.35. The van der Waals surface area contributed by atoms with Crippen molar-refractivity contribution in [1.82, 2.24) is 4.98 Å². The Labute approximate surface area is 180 Å². The molecule has 2 aromatic carbocycles. The molecule has 0 amide bonds. The molecule has 0 bridgehead atoms. The van der Waals surface area contributed by atoms with Crippen LogP contribution in [0.3, 0.4) is 0 Å². The Balaban J connectivity index is 2.38. The number of aromatic nitrogens is 1. The van der Waals surface area contributed by atoms with Crippen LogP contribution in [0, 0.1) is 0 Å². The number of alkyl halides is 8. The molecule has 1 heterocycles. The lowest BCUT2D eigenvalue weighted by atomic mass is 9.88. The van der Waals surface area contributed by atoms with Crippen LogP contribution in [-0.2, 0) is 12.4 Å². The van der Waals surface area contributed by atoms with Gasteiger partial charge in [-0.1, -0.05) is 42.5 Å². The monoisotopic (exact) mass is 473 g/mol. The standard InChI is InChI=1S/C22H11F8NO2/c23-20(24)17-16(18(33)12-6-8-13(9-7-12)21(25,26)27)15(11-4-2-1-3-5-11)14(10-32)19(31-17)22(28,29)30/h1-10,20H. The van der Waals surface area contributed by atoms with Gasteiger partial charge in [0, 0.05) is 11.1 Å². The second-order valence-electron chi connectivity index (χ2n) is 6.70. The Morgan fingerprint density at radius 1 is 0.848 bits per heavy atom. The number of hydrogen-bond donors (Lipinski definition) is 0. The quantitative estimate of drug-likeness (QED) is 0.234. The van der Waals surface area contributed by atoms with Gasteiger partial charge in [-0.3, -0.25) is 9.59 Å². The minimum atomic E-state index is -5.31. The second kappa shape index (κ2) is 8.72. The lowest BCUT2D eigenvalue weighted by molar-refractivity contribution is -0.141. The zero-order valence-electron chi connectivity index (χ0n) is 16.1. The number of hydrogen-bond acceptors (Lipinski definition) is 3. The summed E-state index contributed by atoms with van der Waals surface area (Å²) in [6.07, 6.45) is -14.0. The highest BCUT2D eigenvalue weighted by molar-refractivity contribution is 6.15. The summed E-state index contributed by atoms with van der Waals surface area (Å²) in [5.41, 5.74) is -8.15. The van der Waals surface area contributed by atoms with E-state index in [9.17, 15) is 44.7 Å². The molecule has 1 aromatic heterocycles. The average molecular weight is 473 g/mol. The highest BCUT2D eigenvalue weighted by Crippen LogP contribution is 2.41. The van der Waals surface area contributed by atoms with Crippen molar-refractivity contribution in [3.05, 3.63) is 88.2 Å². The van der Waals surface area contributed by atoms with Gasteiger partial charge < -0.3 is 0 Å². The Morgan fingerprint density at radius 3 is 1.88 bits per heavy atom. The predicted molar refractivity (Wildman–Crippen MR) is 99.9 cm³/mol. The molecule has 0 aliphatic carbocycles. The number of ketones is 1. The van der Waals surface area contributed by atoms with Crippen molar-refractivity contribution in [3.8, 4) is 11.1 Å². The first kappa shape index (κ1) is 24.0. The summed E-state index contributed by atoms with van der Waals surface area (Å²) in [6.45, 7) is 0. The third-order valence-corrected chi connectivity index (χ3v) is 4.62. The van der Waals surface area contributed by atoms with Crippen LogP contribution in [0.2, 0.25) is 0 Å². The van der Waals surface area contributed by atoms with E-state index in [-0.39, 0.29) is 11.8 Å². The predicted octanol–water partition coefficient (Wildman–Crippen LogP) is 6.77. The van der Waals surface area contributed by atoms with Crippen LogP contribution in [0.25, 0.3) is 11.1 Å². The summed E-state index contributed by atoms with van der Waals surface area (Å²) in [6, 6.07) is 8.98. The molecule has 0 fully saturated rings. The van der Waals surface area contributed by atoms with E-state index in [1.807, 2.05) is 0 Å². The van der Waals surface area contributed by atoms with E-state index in [1.165, 1.54) is 30.3 Å². The highest BCUT2D eigenvalue weighted by atomic mass is 19.4. The summed E-state index contributed by atoms with van der Waals surface area (Å²) in [7, 11) is 0. The van der Waals surface area contributed by atoms with Crippen LogP contribution in [-0.4, -0.2) is 17.1 Å². The summed E-state index contributed by atoms with van der Waals surface area (Å²) in [5.74, 6) is -1.32. The minimum absolute atomic E-state index is 0.162. The van der Waals surface area contributed by atoms with Gasteiger partial charge in [-0.2, -0.15) is 26.3 Å². The highest BCUT2D eigenvalue weighted by Gasteiger charge is 2.41. The third kappa shape index (κ3) is 4.76. The average Bonchev–Trinajstić information content (AvgIpc) is 2.76. The van der Waals surface area contributed by atoms with Crippen LogP contribution in [0.4, 0.5) is 35.1 Å². The Morgan fingerprint density at radius 2 is 1.42 bits per heavy atom. The molecular weight excluding hydrogens is 462 g/mol. The van der Waals surface area contributed by atoms with Crippen molar-refractivity contribution in [2.75, 3.05) is 0 Å². The van der Waals surface area contributed by atoms with E-state index in [0.717, 1.165) is 0 Å². The molecule has 3 aromatic rings. The molecule has 0 saturated carbocycles. The summed E-state index contributed by atoms with van der Waals surface area (Å²) >= 11 is 0. The molecule has 11 heteroatoms. The SMILES string of the molecule is O=Cc1c(C(F)(F)F)nc(C(F)F)c(C(=O)c2ccc(C(F)(F)F)cc2)c1-c1ccccc1. The van der Waals surface area contributed by atoms with Gasteiger partial charge in [0.2, 0.25) is 0 Å². The first-order valence-electron chi connectivity index (χ1n) is 9.02. The van der Waals surface area contributed by atoms with Crippen LogP contribution >= 0.6 is 0 Å². The van der Waals surface area contributed by atoms with Gasteiger partial charge in [-0.05, 0) is 17.7 Å². The van der Waals surface area contributed by atoms with Crippen molar-refractivity contribution in [1.29, 1.82) is 0 Å². The normalized spacial score (nSPS) is 12.2. The van der Waals surface area contributed by atoms with E-state index >= 15 is 0 Å². The Bertz CT molecular complexity index is 1180.